The predicted octanol–water partition coefficient (Wildman–Crippen LogP) is 2.20. The minimum Gasteiger partial charge on any atom is -0.493 e. The third-order valence-corrected chi connectivity index (χ3v) is 5.73. The third-order valence-electron chi connectivity index (χ3n) is 5.73. The zero-order valence-corrected chi connectivity index (χ0v) is 18.5. The fourth-order valence-electron chi connectivity index (χ4n) is 3.93. The zero-order chi connectivity index (χ0) is 21.7. The minimum atomic E-state index is -0.337. The van der Waals surface area contributed by atoms with Crippen molar-refractivity contribution in [2.24, 2.45) is 0 Å². The zero-order valence-electron chi connectivity index (χ0n) is 18.5. The van der Waals surface area contributed by atoms with Crippen LogP contribution in [-0.4, -0.2) is 58.3 Å². The number of carbonyl (C=O) groups excluding carboxylic acids is 1. The molecule has 3 rings (SSSR count). The summed E-state index contributed by atoms with van der Waals surface area (Å²) in [5, 5.41) is 3.54. The largest absolute Gasteiger partial charge is 0.493 e. The fourth-order valence-corrected chi connectivity index (χ4v) is 3.93. The van der Waals surface area contributed by atoms with Gasteiger partial charge in [-0.15, -0.1) is 0 Å². The molecule has 2 aromatic carbocycles. The Bertz CT molecular complexity index is 857. The van der Waals surface area contributed by atoms with Crippen molar-refractivity contribution in [3.8, 4) is 17.2 Å². The average Bonchev–Trinajstić information content (AvgIpc) is 2.79. The summed E-state index contributed by atoms with van der Waals surface area (Å²) in [5.74, 6) is 1.68. The van der Waals surface area contributed by atoms with Gasteiger partial charge in [0, 0.05) is 11.3 Å². The number of nitrogens with one attached hydrogen (secondary N) is 2. The molecule has 0 aliphatic carbocycles. The van der Waals surface area contributed by atoms with Crippen LogP contribution in [0.15, 0.2) is 36.4 Å². The maximum Gasteiger partial charge on any atom is 0.258 e. The number of carbonyl (C=O) groups is 1. The van der Waals surface area contributed by atoms with Crippen molar-refractivity contribution in [1.82, 2.24) is 4.90 Å². The Kier molecular flexibility index (Phi) is 7.05. The lowest BCUT2D eigenvalue weighted by Gasteiger charge is -2.38. The number of quaternary nitrogens is 1. The summed E-state index contributed by atoms with van der Waals surface area (Å²) in [6.07, 6.45) is -0.337. The molecule has 30 heavy (non-hydrogen) atoms. The lowest BCUT2D eigenvalue weighted by molar-refractivity contribution is -0.895. The van der Waals surface area contributed by atoms with Gasteiger partial charge in [-0.1, -0.05) is 12.1 Å². The van der Waals surface area contributed by atoms with Crippen LogP contribution in [0.1, 0.15) is 35.9 Å². The maximum atomic E-state index is 13.4. The van der Waals surface area contributed by atoms with Crippen LogP contribution in [0.4, 0.5) is 5.69 Å². The summed E-state index contributed by atoms with van der Waals surface area (Å²) in [7, 11) is 4.77. The number of rotatable bonds is 9. The van der Waals surface area contributed by atoms with Gasteiger partial charge >= 0.3 is 0 Å². The van der Waals surface area contributed by atoms with Crippen LogP contribution in [0.3, 0.4) is 0 Å². The number of fused-ring (bicyclic) bond motifs is 1. The van der Waals surface area contributed by atoms with Crippen molar-refractivity contribution in [3.05, 3.63) is 47.5 Å². The van der Waals surface area contributed by atoms with Gasteiger partial charge in [0.25, 0.3) is 5.91 Å². The highest BCUT2D eigenvalue weighted by molar-refractivity contribution is 6.01. The van der Waals surface area contributed by atoms with Crippen molar-refractivity contribution in [2.75, 3.05) is 52.8 Å². The quantitative estimate of drug-likeness (QED) is 0.659. The highest BCUT2D eigenvalue weighted by Gasteiger charge is 2.34. The summed E-state index contributed by atoms with van der Waals surface area (Å²) in [4.78, 5) is 16.8. The third kappa shape index (κ3) is 4.16. The Hall–Kier alpha value is -2.93. The van der Waals surface area contributed by atoms with Gasteiger partial charge < -0.3 is 29.3 Å². The standard InChI is InChI=1S/C23H31N3O4/c1-6-25(7-2)12-13-26-22(24-18-11-9-8-10-17(18)23(26)27)16-14-19(28-3)21(30-5)20(15-16)29-4/h8-11,14-15,22,24H,6-7,12-13H2,1-5H3/p+1/t22-/m0/s1. The molecule has 1 aliphatic rings. The van der Waals surface area contributed by atoms with Crippen LogP contribution in [-0.2, 0) is 0 Å². The molecule has 1 heterocycles. The smallest absolute Gasteiger partial charge is 0.258 e. The summed E-state index contributed by atoms with van der Waals surface area (Å²) in [6, 6.07) is 11.4. The number of benzene rings is 2. The van der Waals surface area contributed by atoms with E-state index in [2.05, 4.69) is 19.2 Å². The normalized spacial score (nSPS) is 15.6. The predicted molar refractivity (Wildman–Crippen MR) is 117 cm³/mol. The van der Waals surface area contributed by atoms with Crippen molar-refractivity contribution in [2.45, 2.75) is 20.0 Å². The van der Waals surface area contributed by atoms with Crippen LogP contribution in [0, 0.1) is 0 Å². The van der Waals surface area contributed by atoms with Crippen molar-refractivity contribution < 1.29 is 23.9 Å². The summed E-state index contributed by atoms with van der Waals surface area (Å²) in [5.41, 5.74) is 2.39. The van der Waals surface area contributed by atoms with E-state index < -0.39 is 0 Å². The van der Waals surface area contributed by atoms with E-state index in [4.69, 9.17) is 14.2 Å². The monoisotopic (exact) mass is 414 g/mol. The van der Waals surface area contributed by atoms with Crippen LogP contribution >= 0.6 is 0 Å². The van der Waals surface area contributed by atoms with Crippen LogP contribution in [0.5, 0.6) is 17.2 Å². The van der Waals surface area contributed by atoms with Crippen molar-refractivity contribution in [3.63, 3.8) is 0 Å². The van der Waals surface area contributed by atoms with Gasteiger partial charge in [-0.2, -0.15) is 0 Å². The van der Waals surface area contributed by atoms with E-state index in [0.29, 0.717) is 29.4 Å². The van der Waals surface area contributed by atoms with Crippen LogP contribution in [0.25, 0.3) is 0 Å². The van der Waals surface area contributed by atoms with Crippen molar-refractivity contribution >= 4 is 11.6 Å². The summed E-state index contributed by atoms with van der Waals surface area (Å²) in [6.45, 7) is 7.90. The first kappa shape index (κ1) is 21.8. The van der Waals surface area contributed by atoms with Gasteiger partial charge in [-0.25, -0.2) is 0 Å². The number of para-hydroxylation sites is 1. The first-order valence-corrected chi connectivity index (χ1v) is 10.4. The molecule has 0 radical (unpaired) electrons. The van der Waals surface area contributed by atoms with E-state index >= 15 is 0 Å². The number of ether oxygens (including phenoxy) is 3. The molecule has 7 heteroatoms. The Balaban J connectivity index is 2.04. The lowest BCUT2D eigenvalue weighted by atomic mass is 10.0. The number of amides is 1. The van der Waals surface area contributed by atoms with Crippen molar-refractivity contribution in [1.29, 1.82) is 0 Å². The molecule has 0 saturated carbocycles. The van der Waals surface area contributed by atoms with Gasteiger partial charge in [0.1, 0.15) is 6.17 Å². The van der Waals surface area contributed by atoms with E-state index in [1.54, 1.807) is 21.3 Å². The first-order chi connectivity index (χ1) is 14.6. The molecular weight excluding hydrogens is 382 g/mol. The molecule has 0 saturated heterocycles. The second-order valence-electron chi connectivity index (χ2n) is 7.26. The van der Waals surface area contributed by atoms with Gasteiger partial charge in [0.15, 0.2) is 11.5 Å². The highest BCUT2D eigenvalue weighted by atomic mass is 16.5. The number of methoxy groups -OCH3 is 3. The van der Waals surface area contributed by atoms with Gasteiger partial charge in [0.05, 0.1) is 53.1 Å². The second kappa shape index (κ2) is 9.71. The number of anilines is 1. The van der Waals surface area contributed by atoms with E-state index in [1.807, 2.05) is 41.3 Å². The maximum absolute atomic E-state index is 13.4. The van der Waals surface area contributed by atoms with Crippen LogP contribution < -0.4 is 24.4 Å². The molecule has 0 bridgehead atoms. The fraction of sp³-hybridized carbons (Fsp3) is 0.435. The van der Waals surface area contributed by atoms with E-state index in [-0.39, 0.29) is 12.1 Å². The molecular formula is C23H32N3O4+. The molecule has 1 atom stereocenters. The average molecular weight is 415 g/mol. The van der Waals surface area contributed by atoms with E-state index in [0.717, 1.165) is 30.9 Å². The highest BCUT2D eigenvalue weighted by Crippen LogP contribution is 2.42. The molecule has 162 valence electrons. The SMILES string of the molecule is CC[NH+](CC)CCN1C(=O)c2ccccc2N[C@@H]1c1cc(OC)c(OC)c(OC)c1. The Morgan fingerprint density at radius 2 is 1.63 bits per heavy atom. The molecule has 7 nitrogen and oxygen atoms in total. The number of likely N-dealkylation sites (N-methyl/N-ethyl adjacent to an activating group) is 1. The molecule has 0 spiro atoms. The molecule has 0 fully saturated rings. The number of hydrogen-bond donors (Lipinski definition) is 2. The summed E-state index contributed by atoms with van der Waals surface area (Å²) < 4.78 is 16.5. The molecule has 1 aliphatic heterocycles. The molecule has 0 aromatic heterocycles. The Morgan fingerprint density at radius 3 is 2.20 bits per heavy atom. The first-order valence-electron chi connectivity index (χ1n) is 10.4. The lowest BCUT2D eigenvalue weighted by Crippen LogP contribution is -3.12. The van der Waals surface area contributed by atoms with Crippen LogP contribution in [0.2, 0.25) is 0 Å². The van der Waals surface area contributed by atoms with E-state index in [9.17, 15) is 4.79 Å². The molecule has 1 amide bonds. The minimum absolute atomic E-state index is 0.0228. The van der Waals surface area contributed by atoms with Gasteiger partial charge in [-0.3, -0.25) is 4.79 Å². The number of hydrogen-bond acceptors (Lipinski definition) is 5. The Morgan fingerprint density at radius 1 is 1.00 bits per heavy atom. The van der Waals surface area contributed by atoms with Gasteiger partial charge in [-0.05, 0) is 38.1 Å². The van der Waals surface area contributed by atoms with E-state index in [1.165, 1.54) is 4.90 Å². The van der Waals surface area contributed by atoms with Gasteiger partial charge in [0.2, 0.25) is 5.75 Å². The molecule has 0 unspecified atom stereocenters. The summed E-state index contributed by atoms with van der Waals surface area (Å²) >= 11 is 0. The topological polar surface area (TPSA) is 64.5 Å². The molecule has 2 N–H and O–H groups in total. The second-order valence-corrected chi connectivity index (χ2v) is 7.26. The number of nitrogens with zero attached hydrogens (tertiary/aromatic N) is 1. The molecule has 2 aromatic rings. The Labute approximate surface area is 178 Å².